The fourth-order valence-electron chi connectivity index (χ4n) is 5.37. The van der Waals surface area contributed by atoms with Gasteiger partial charge < -0.3 is 15.2 Å². The van der Waals surface area contributed by atoms with Gasteiger partial charge in [-0.25, -0.2) is 0 Å². The summed E-state index contributed by atoms with van der Waals surface area (Å²) >= 11 is 12.5. The van der Waals surface area contributed by atoms with Gasteiger partial charge in [-0.2, -0.15) is 18.3 Å². The Balaban J connectivity index is 1.60. The van der Waals surface area contributed by atoms with Gasteiger partial charge in [0.2, 0.25) is 0 Å². The number of ether oxygens (including phenoxy) is 1. The third-order valence-corrected chi connectivity index (χ3v) is 8.69. The lowest BCUT2D eigenvalue weighted by atomic mass is 9.74. The Bertz CT molecular complexity index is 1310. The van der Waals surface area contributed by atoms with E-state index in [1.54, 1.807) is 32.9 Å². The van der Waals surface area contributed by atoms with E-state index in [-0.39, 0.29) is 60.9 Å². The number of halogens is 5. The second kappa shape index (κ2) is 11.0. The van der Waals surface area contributed by atoms with Crippen LogP contribution in [0.5, 0.6) is 0 Å². The highest BCUT2D eigenvalue weighted by atomic mass is 35.5. The lowest BCUT2D eigenvalue weighted by molar-refractivity contribution is -0.152. The molecule has 8 nitrogen and oxygen atoms in total. The van der Waals surface area contributed by atoms with Gasteiger partial charge in [-0.3, -0.25) is 19.1 Å². The maximum Gasteiger partial charge on any atom is 0.433 e. The van der Waals surface area contributed by atoms with Crippen molar-refractivity contribution in [2.24, 2.45) is 10.8 Å². The van der Waals surface area contributed by atoms with Crippen LogP contribution in [0, 0.1) is 17.8 Å². The molecule has 2 aliphatic rings. The van der Waals surface area contributed by atoms with Gasteiger partial charge in [0.05, 0.1) is 52.0 Å². The van der Waals surface area contributed by atoms with Crippen LogP contribution >= 0.6 is 23.2 Å². The summed E-state index contributed by atoms with van der Waals surface area (Å²) in [6, 6.07) is 1.56. The largest absolute Gasteiger partial charge is 0.481 e. The van der Waals surface area contributed by atoms with E-state index in [0.717, 1.165) is 16.4 Å². The van der Waals surface area contributed by atoms with Crippen LogP contribution in [0.2, 0.25) is 10.0 Å². The van der Waals surface area contributed by atoms with Crippen LogP contribution in [-0.2, 0) is 15.7 Å². The molecular weight excluding hydrogens is 574 g/mol. The summed E-state index contributed by atoms with van der Waals surface area (Å²) in [5.74, 6) is -2.49. The third-order valence-electron chi connectivity index (χ3n) is 8.09. The number of alkyl halides is 3. The predicted octanol–water partition coefficient (Wildman–Crippen LogP) is 6.13. The fourth-order valence-corrected chi connectivity index (χ4v) is 6.18. The van der Waals surface area contributed by atoms with E-state index < -0.39 is 58.0 Å². The zero-order chi connectivity index (χ0) is 29.6. The van der Waals surface area contributed by atoms with E-state index >= 15 is 0 Å². The van der Waals surface area contributed by atoms with Gasteiger partial charge in [-0.15, -0.1) is 0 Å². The first-order valence-electron chi connectivity index (χ1n) is 12.8. The van der Waals surface area contributed by atoms with Crippen LogP contribution in [0.3, 0.4) is 0 Å². The molecule has 2 aromatic rings. The molecule has 0 radical (unpaired) electrons. The summed E-state index contributed by atoms with van der Waals surface area (Å²) in [5, 5.41) is 16.3. The number of aromatic nitrogens is 2. The van der Waals surface area contributed by atoms with Crippen LogP contribution in [-0.4, -0.2) is 51.8 Å². The number of carbonyl (C=O) groups is 3. The maximum absolute atomic E-state index is 14.3. The van der Waals surface area contributed by atoms with Crippen molar-refractivity contribution in [2.75, 3.05) is 13.2 Å². The second-order valence-corrected chi connectivity index (χ2v) is 12.2. The summed E-state index contributed by atoms with van der Waals surface area (Å²) in [4.78, 5) is 38.2. The van der Waals surface area contributed by atoms with E-state index in [1.807, 2.05) is 0 Å². The zero-order valence-electron chi connectivity index (χ0n) is 22.2. The third kappa shape index (κ3) is 5.87. The highest BCUT2D eigenvalue weighted by Gasteiger charge is 2.47. The minimum atomic E-state index is -4.91. The number of nitrogens with zero attached hydrogens (tertiary/aromatic N) is 2. The highest BCUT2D eigenvalue weighted by Crippen LogP contribution is 2.43. The monoisotopic (exact) mass is 603 g/mol. The molecule has 1 aliphatic carbocycles. The average Bonchev–Trinajstić information content (AvgIpc) is 3.28. The molecule has 0 spiro atoms. The Morgan fingerprint density at radius 2 is 1.75 bits per heavy atom. The molecule has 1 aromatic carbocycles. The number of aryl methyl sites for hydroxylation is 1. The Labute approximate surface area is 239 Å². The number of benzene rings is 1. The molecule has 2 N–H and O–H groups in total. The maximum atomic E-state index is 14.3. The van der Waals surface area contributed by atoms with Gasteiger partial charge in [0, 0.05) is 17.9 Å². The van der Waals surface area contributed by atoms with E-state index in [0.29, 0.717) is 0 Å². The number of hydrogen-bond acceptors (Lipinski definition) is 5. The lowest BCUT2D eigenvalue weighted by Gasteiger charge is -2.44. The Morgan fingerprint density at radius 1 is 1.18 bits per heavy atom. The van der Waals surface area contributed by atoms with Crippen molar-refractivity contribution < 1.29 is 37.4 Å². The highest BCUT2D eigenvalue weighted by molar-refractivity contribution is 6.40. The number of ketones is 1. The van der Waals surface area contributed by atoms with E-state index in [2.05, 4.69) is 10.4 Å². The summed E-state index contributed by atoms with van der Waals surface area (Å²) in [7, 11) is 0. The van der Waals surface area contributed by atoms with E-state index in [4.69, 9.17) is 27.9 Å². The van der Waals surface area contributed by atoms with Crippen molar-refractivity contribution in [1.82, 2.24) is 15.1 Å². The minimum absolute atomic E-state index is 0.0754. The molecule has 2 heterocycles. The molecule has 1 aromatic heterocycles. The summed E-state index contributed by atoms with van der Waals surface area (Å²) in [5.41, 5.74) is -2.80. The lowest BCUT2D eigenvalue weighted by Crippen LogP contribution is -2.57. The number of amides is 1. The van der Waals surface area contributed by atoms with Gasteiger partial charge in [0.25, 0.3) is 5.91 Å². The van der Waals surface area contributed by atoms with Crippen molar-refractivity contribution in [1.29, 1.82) is 0 Å². The zero-order valence-corrected chi connectivity index (χ0v) is 23.7. The molecule has 1 unspecified atom stereocenters. The molecular formula is C27H30Cl2F3N3O5. The number of aliphatic carboxylic acids is 1. The van der Waals surface area contributed by atoms with Gasteiger partial charge in [-0.05, 0) is 57.2 Å². The van der Waals surface area contributed by atoms with Gasteiger partial charge in [0.1, 0.15) is 0 Å². The Morgan fingerprint density at radius 3 is 2.23 bits per heavy atom. The molecule has 13 heteroatoms. The molecule has 4 rings (SSSR count). The topological polar surface area (TPSA) is 111 Å². The normalized spacial score (nSPS) is 23.2. The summed E-state index contributed by atoms with van der Waals surface area (Å²) in [6.07, 6.45) is -3.61. The Hall–Kier alpha value is -2.63. The van der Waals surface area contributed by atoms with Crippen molar-refractivity contribution in [2.45, 2.75) is 71.1 Å². The number of nitrogens with one attached hydrogen (secondary N) is 1. The first-order chi connectivity index (χ1) is 18.6. The van der Waals surface area contributed by atoms with Gasteiger partial charge in [0.15, 0.2) is 11.5 Å². The first-order valence-corrected chi connectivity index (χ1v) is 13.6. The number of rotatable bonds is 8. The molecule has 40 heavy (non-hydrogen) atoms. The number of carbonyl (C=O) groups excluding carboxylic acids is 2. The van der Waals surface area contributed by atoms with E-state index in [1.165, 1.54) is 0 Å². The van der Waals surface area contributed by atoms with Crippen molar-refractivity contribution >= 4 is 40.9 Å². The van der Waals surface area contributed by atoms with Crippen molar-refractivity contribution in [3.05, 3.63) is 50.8 Å². The summed E-state index contributed by atoms with van der Waals surface area (Å²) in [6.45, 7) is 5.48. The molecule has 1 amide bonds. The van der Waals surface area contributed by atoms with Crippen LogP contribution in [0.25, 0.3) is 0 Å². The molecule has 1 atom stereocenters. The molecule has 218 valence electrons. The van der Waals surface area contributed by atoms with E-state index in [9.17, 15) is 32.7 Å². The van der Waals surface area contributed by atoms with Crippen LogP contribution in [0.15, 0.2) is 18.3 Å². The van der Waals surface area contributed by atoms with Gasteiger partial charge >= 0.3 is 12.1 Å². The second-order valence-electron chi connectivity index (χ2n) is 11.3. The van der Waals surface area contributed by atoms with Gasteiger partial charge in [-0.1, -0.05) is 30.1 Å². The predicted molar refractivity (Wildman–Crippen MR) is 141 cm³/mol. The van der Waals surface area contributed by atoms with Crippen LogP contribution in [0.4, 0.5) is 13.2 Å². The smallest absolute Gasteiger partial charge is 0.433 e. The molecule has 0 bridgehead atoms. The quantitative estimate of drug-likeness (QED) is 0.351. The first kappa shape index (κ1) is 30.3. The number of carboxylic acid groups (broad SMARTS) is 1. The standard InChI is InChI=1S/C27H30Cl2F3N3O5/c1-14-8-17(28)21(18(29)9-14)19(36)10-20(26(3)12-40-13-26)34-23(37)16-11-33-35(22(16)27(30,31)32)15-4-6-25(2,7-5-15)24(38)39/h8-9,11,15,20H,4-7,10,12-13H2,1-3H3,(H,34,37)(H,38,39). The van der Waals surface area contributed by atoms with Crippen LogP contribution < -0.4 is 5.32 Å². The number of hydrogen-bond donors (Lipinski definition) is 2. The summed E-state index contributed by atoms with van der Waals surface area (Å²) < 4.78 is 49.0. The molecule has 1 saturated heterocycles. The fraction of sp³-hybridized carbons (Fsp3) is 0.556. The van der Waals surface area contributed by atoms with Crippen molar-refractivity contribution in [3.63, 3.8) is 0 Å². The average molecular weight is 604 g/mol. The van der Waals surface area contributed by atoms with Crippen LogP contribution in [0.1, 0.15) is 84.0 Å². The number of Topliss-reactive ketones (excluding diaryl/α,β-unsaturated/α-hetero) is 1. The Kier molecular flexibility index (Phi) is 8.33. The molecule has 1 aliphatic heterocycles. The molecule has 1 saturated carbocycles. The number of carboxylic acids is 1. The van der Waals surface area contributed by atoms with Crippen molar-refractivity contribution in [3.8, 4) is 0 Å². The molecule has 2 fully saturated rings. The minimum Gasteiger partial charge on any atom is -0.481 e. The SMILES string of the molecule is Cc1cc(Cl)c(C(=O)CC(NC(=O)c2cnn(C3CCC(C)(C(=O)O)CC3)c2C(F)(F)F)C2(C)COC2)c(Cl)c1.